The van der Waals surface area contributed by atoms with Crippen LogP contribution in [0, 0.1) is 27.7 Å². The molecule has 0 saturated heterocycles. The molecule has 0 unspecified atom stereocenters. The zero-order chi connectivity index (χ0) is 26.8. The van der Waals surface area contributed by atoms with E-state index in [0.29, 0.717) is 12.4 Å². The third-order valence-corrected chi connectivity index (χ3v) is 6.50. The van der Waals surface area contributed by atoms with Gasteiger partial charge in [-0.1, -0.05) is 38.4 Å². The smallest absolute Gasteiger partial charge is 0.857 e. The second kappa shape index (κ2) is 21.9. The van der Waals surface area contributed by atoms with E-state index in [1.165, 1.54) is 14.2 Å². The third kappa shape index (κ3) is 16.9. The van der Waals surface area contributed by atoms with Crippen molar-refractivity contribution in [3.05, 3.63) is 68.1 Å². The Morgan fingerprint density at radius 3 is 1.63 bits per heavy atom. The zero-order valence-electron chi connectivity index (χ0n) is 21.7. The first-order valence-electron chi connectivity index (χ1n) is 10.00. The molecule has 7 nitrogen and oxygen atoms in total. The van der Waals surface area contributed by atoms with Gasteiger partial charge < -0.3 is 24.4 Å². The first-order valence-corrected chi connectivity index (χ1v) is 11.6. The van der Waals surface area contributed by atoms with Crippen LogP contribution in [0.25, 0.3) is 0 Å². The maximum atomic E-state index is 10.9. The molecule has 1 N–H and O–H groups in total. The molecule has 2 aromatic carbocycles. The molecule has 0 amide bonds. The minimum atomic E-state index is -0.394. The van der Waals surface area contributed by atoms with E-state index in [1.807, 2.05) is 39.8 Å². The SMILES string of the molecule is C=CC(=O)OC.COC(=O)CCOc1cc(C)c(Br)c(C)c1.C[O-].Cc1cc(O)cc(C)c1Br.[Na+]. The Morgan fingerprint density at radius 2 is 1.31 bits per heavy atom. The van der Waals surface area contributed by atoms with Crippen LogP contribution in [0.4, 0.5) is 0 Å². The fraction of sp³-hybridized carbons (Fsp3) is 0.360. The minimum absolute atomic E-state index is 0. The number of phenols is 1. The summed E-state index contributed by atoms with van der Waals surface area (Å²) in [5, 5.41) is 17.3. The van der Waals surface area contributed by atoms with Crippen molar-refractivity contribution in [3.63, 3.8) is 0 Å². The van der Waals surface area contributed by atoms with E-state index in [2.05, 4.69) is 47.9 Å². The van der Waals surface area contributed by atoms with Gasteiger partial charge in [0.15, 0.2) is 0 Å². The average Bonchev–Trinajstić information content (AvgIpc) is 2.82. The molecular weight excluding hydrogens is 595 g/mol. The molecule has 0 fully saturated rings. The normalized spacial score (nSPS) is 8.74. The summed E-state index contributed by atoms with van der Waals surface area (Å²) in [6, 6.07) is 7.34. The van der Waals surface area contributed by atoms with Gasteiger partial charge in [0.2, 0.25) is 0 Å². The Morgan fingerprint density at radius 1 is 0.914 bits per heavy atom. The summed E-state index contributed by atoms with van der Waals surface area (Å²) in [6.07, 6.45) is 1.38. The van der Waals surface area contributed by atoms with Crippen molar-refractivity contribution in [1.82, 2.24) is 0 Å². The molecule has 35 heavy (non-hydrogen) atoms. The van der Waals surface area contributed by atoms with Gasteiger partial charge in [-0.25, -0.2) is 4.79 Å². The summed E-state index contributed by atoms with van der Waals surface area (Å²) in [6.45, 7) is 11.4. The van der Waals surface area contributed by atoms with E-state index in [9.17, 15) is 9.59 Å². The minimum Gasteiger partial charge on any atom is -0.857 e. The van der Waals surface area contributed by atoms with Gasteiger partial charge in [-0.3, -0.25) is 4.79 Å². The fourth-order valence-corrected chi connectivity index (χ4v) is 2.81. The number of hydrogen-bond donors (Lipinski definition) is 1. The molecule has 0 bridgehead atoms. The van der Waals surface area contributed by atoms with Crippen molar-refractivity contribution >= 4 is 43.8 Å². The molecule has 2 aromatic rings. The zero-order valence-corrected chi connectivity index (χ0v) is 26.8. The second-order valence-electron chi connectivity index (χ2n) is 6.67. The molecule has 10 heteroatoms. The van der Waals surface area contributed by atoms with E-state index in [-0.39, 0.29) is 41.9 Å². The van der Waals surface area contributed by atoms with E-state index >= 15 is 0 Å². The van der Waals surface area contributed by atoms with Crippen LogP contribution in [0.5, 0.6) is 11.5 Å². The summed E-state index contributed by atoms with van der Waals surface area (Å²) >= 11 is 6.89. The number of halogens is 2. The van der Waals surface area contributed by atoms with Crippen LogP contribution in [0.1, 0.15) is 28.7 Å². The average molecular weight is 628 g/mol. The molecule has 0 spiro atoms. The van der Waals surface area contributed by atoms with Crippen LogP contribution < -0.4 is 39.4 Å². The van der Waals surface area contributed by atoms with Crippen molar-refractivity contribution in [3.8, 4) is 11.5 Å². The van der Waals surface area contributed by atoms with Gasteiger partial charge in [0.05, 0.1) is 27.2 Å². The van der Waals surface area contributed by atoms with E-state index in [0.717, 1.165) is 50.1 Å². The van der Waals surface area contributed by atoms with Crippen molar-refractivity contribution in [2.24, 2.45) is 0 Å². The molecule has 0 saturated carbocycles. The largest absolute Gasteiger partial charge is 1.00 e. The van der Waals surface area contributed by atoms with Gasteiger partial charge in [-0.2, -0.15) is 7.11 Å². The third-order valence-electron chi connectivity index (χ3n) is 4.00. The number of phenolic OH excluding ortho intramolecular Hbond substituents is 1. The molecule has 0 aliphatic carbocycles. The Balaban J connectivity index is -0.000000462. The molecule has 0 aliphatic rings. The molecular formula is C25H33Br2NaO7. The number of aryl methyl sites for hydroxylation is 4. The number of benzene rings is 2. The number of ether oxygens (including phenoxy) is 3. The first-order chi connectivity index (χ1) is 16.0. The van der Waals surface area contributed by atoms with Crippen LogP contribution in [-0.4, -0.2) is 45.0 Å². The van der Waals surface area contributed by atoms with Gasteiger partial charge in [-0.05, 0) is 74.2 Å². The second-order valence-corrected chi connectivity index (χ2v) is 8.25. The topological polar surface area (TPSA) is 105 Å². The van der Waals surface area contributed by atoms with E-state index < -0.39 is 5.97 Å². The fourth-order valence-electron chi connectivity index (χ4n) is 2.35. The number of hydrogen-bond acceptors (Lipinski definition) is 7. The molecule has 0 aliphatic heterocycles. The van der Waals surface area contributed by atoms with Gasteiger partial charge in [0, 0.05) is 15.0 Å². The van der Waals surface area contributed by atoms with E-state index in [4.69, 9.17) is 14.9 Å². The van der Waals surface area contributed by atoms with Gasteiger partial charge in [-0.15, -0.1) is 0 Å². The molecule has 190 valence electrons. The molecule has 0 aromatic heterocycles. The predicted octanol–water partition coefficient (Wildman–Crippen LogP) is 2.11. The number of aromatic hydroxyl groups is 1. The van der Waals surface area contributed by atoms with Gasteiger partial charge in [0.25, 0.3) is 0 Å². The van der Waals surface area contributed by atoms with Crippen molar-refractivity contribution < 1.29 is 63.6 Å². The molecule has 0 radical (unpaired) electrons. The summed E-state index contributed by atoms with van der Waals surface area (Å²) in [5.74, 6) is 0.459. The number of methoxy groups -OCH3 is 2. The Hall–Kier alpha value is -1.36. The van der Waals surface area contributed by atoms with Crippen molar-refractivity contribution in [2.75, 3.05) is 27.9 Å². The Labute approximate surface area is 247 Å². The number of rotatable bonds is 5. The number of carbonyl (C=O) groups is 2. The maximum Gasteiger partial charge on any atom is 1.00 e. The van der Waals surface area contributed by atoms with Crippen LogP contribution in [0.15, 0.2) is 45.9 Å². The Kier molecular flexibility index (Phi) is 23.9. The first kappa shape index (κ1) is 38.2. The van der Waals surface area contributed by atoms with Crippen LogP contribution in [0.3, 0.4) is 0 Å². The van der Waals surface area contributed by atoms with Crippen molar-refractivity contribution in [2.45, 2.75) is 34.1 Å². The monoisotopic (exact) mass is 626 g/mol. The standard InChI is InChI=1S/C12H15BrO3.C8H9BrO.C4H6O2.CH3O.Na/c1-8-6-10(7-9(2)12(8)13)16-5-4-11(14)15-3;1-5-3-7(10)4-6(2)8(5)9;1-3-4(5)6-2;1-2;/h6-7H,4-5H2,1-3H3;3-4,10H,1-2H3;3H,1H2,2H3;1H3;/q;;;-1;+1. The molecule has 0 heterocycles. The van der Waals surface area contributed by atoms with Crippen molar-refractivity contribution in [1.29, 1.82) is 0 Å². The van der Waals surface area contributed by atoms with Crippen LogP contribution in [-0.2, 0) is 19.1 Å². The molecule has 2 rings (SSSR count). The number of carbonyl (C=O) groups excluding carboxylic acids is 2. The summed E-state index contributed by atoms with van der Waals surface area (Å²) < 4.78 is 16.3. The summed E-state index contributed by atoms with van der Waals surface area (Å²) in [4.78, 5) is 20.7. The molecule has 0 atom stereocenters. The Bertz CT molecular complexity index is 888. The number of esters is 2. The summed E-state index contributed by atoms with van der Waals surface area (Å²) in [7, 11) is 3.43. The quantitative estimate of drug-likeness (QED) is 0.308. The van der Waals surface area contributed by atoms with Crippen LogP contribution in [0.2, 0.25) is 0 Å². The van der Waals surface area contributed by atoms with Crippen LogP contribution >= 0.6 is 31.9 Å². The summed E-state index contributed by atoms with van der Waals surface area (Å²) in [5.41, 5.74) is 4.37. The van der Waals surface area contributed by atoms with Gasteiger partial charge in [0.1, 0.15) is 11.5 Å². The van der Waals surface area contributed by atoms with E-state index in [1.54, 1.807) is 12.1 Å². The maximum absolute atomic E-state index is 10.9. The predicted molar refractivity (Wildman–Crippen MR) is 139 cm³/mol. The van der Waals surface area contributed by atoms with Gasteiger partial charge >= 0.3 is 41.5 Å².